The molecule has 1 nitrogen and oxygen atoms in total. The summed E-state index contributed by atoms with van der Waals surface area (Å²) in [6.07, 6.45) is 4.27. The number of rotatable bonds is 2. The minimum absolute atomic E-state index is 0.748. The van der Waals surface area contributed by atoms with E-state index in [4.69, 9.17) is 5.73 Å². The van der Waals surface area contributed by atoms with Crippen LogP contribution in [0.5, 0.6) is 0 Å². The zero-order chi connectivity index (χ0) is 7.56. The van der Waals surface area contributed by atoms with Crippen molar-refractivity contribution >= 4 is 0 Å². The Bertz CT molecular complexity index is 101. The monoisotopic (exact) mass is 141 g/mol. The molecule has 0 bridgehead atoms. The van der Waals surface area contributed by atoms with Crippen molar-refractivity contribution < 1.29 is 0 Å². The third kappa shape index (κ3) is 1.51. The highest BCUT2D eigenvalue weighted by Gasteiger charge is 2.26. The Morgan fingerprint density at radius 1 is 1.50 bits per heavy atom. The second-order valence-corrected chi connectivity index (χ2v) is 3.79. The van der Waals surface area contributed by atoms with E-state index in [0.29, 0.717) is 0 Å². The van der Waals surface area contributed by atoms with Gasteiger partial charge in [0.15, 0.2) is 0 Å². The van der Waals surface area contributed by atoms with Crippen LogP contribution in [-0.4, -0.2) is 6.54 Å². The summed E-state index contributed by atoms with van der Waals surface area (Å²) in [4.78, 5) is 0. The molecule has 3 unspecified atom stereocenters. The van der Waals surface area contributed by atoms with E-state index in [9.17, 15) is 0 Å². The van der Waals surface area contributed by atoms with Gasteiger partial charge in [-0.15, -0.1) is 0 Å². The lowest BCUT2D eigenvalue weighted by atomic mass is 9.86. The van der Waals surface area contributed by atoms with Gasteiger partial charge < -0.3 is 5.73 Å². The molecule has 1 heteroatoms. The van der Waals surface area contributed by atoms with E-state index in [1.807, 2.05) is 0 Å². The molecular weight excluding hydrogens is 122 g/mol. The van der Waals surface area contributed by atoms with Gasteiger partial charge in [-0.25, -0.2) is 0 Å². The Morgan fingerprint density at radius 2 is 2.20 bits per heavy atom. The van der Waals surface area contributed by atoms with Crippen molar-refractivity contribution in [3.8, 4) is 0 Å². The molecule has 0 aromatic rings. The zero-order valence-electron chi connectivity index (χ0n) is 7.14. The first-order valence-electron chi connectivity index (χ1n) is 4.45. The summed E-state index contributed by atoms with van der Waals surface area (Å²) in [7, 11) is 0. The first-order valence-corrected chi connectivity index (χ1v) is 4.45. The van der Waals surface area contributed by atoms with E-state index in [1.165, 1.54) is 19.3 Å². The van der Waals surface area contributed by atoms with Crippen LogP contribution in [0.15, 0.2) is 0 Å². The fourth-order valence-electron chi connectivity index (χ4n) is 2.19. The molecule has 1 saturated carbocycles. The first kappa shape index (κ1) is 8.06. The second kappa shape index (κ2) is 3.38. The average molecular weight is 141 g/mol. The standard InChI is InChI=1S/C9H19N/c1-7-4-3-5-9(7)8(2)6-10/h7-9H,3-6,10H2,1-2H3. The van der Waals surface area contributed by atoms with Crippen LogP contribution in [0, 0.1) is 17.8 Å². The van der Waals surface area contributed by atoms with Gasteiger partial charge in [-0.1, -0.05) is 26.7 Å². The summed E-state index contributed by atoms with van der Waals surface area (Å²) in [6, 6.07) is 0. The van der Waals surface area contributed by atoms with Crippen LogP contribution >= 0.6 is 0 Å². The minimum atomic E-state index is 0.748. The highest BCUT2D eigenvalue weighted by Crippen LogP contribution is 2.35. The molecule has 2 N–H and O–H groups in total. The van der Waals surface area contributed by atoms with E-state index >= 15 is 0 Å². The molecular formula is C9H19N. The van der Waals surface area contributed by atoms with E-state index in [1.54, 1.807) is 0 Å². The van der Waals surface area contributed by atoms with Gasteiger partial charge in [0, 0.05) is 0 Å². The molecule has 10 heavy (non-hydrogen) atoms. The van der Waals surface area contributed by atoms with Crippen molar-refractivity contribution in [2.24, 2.45) is 23.5 Å². The van der Waals surface area contributed by atoms with Gasteiger partial charge in [0.1, 0.15) is 0 Å². The number of nitrogens with two attached hydrogens (primary N) is 1. The van der Waals surface area contributed by atoms with Crippen LogP contribution in [0.4, 0.5) is 0 Å². The van der Waals surface area contributed by atoms with Crippen molar-refractivity contribution in [3.63, 3.8) is 0 Å². The lowest BCUT2D eigenvalue weighted by Crippen LogP contribution is -2.22. The van der Waals surface area contributed by atoms with Crippen LogP contribution in [0.2, 0.25) is 0 Å². The third-order valence-electron chi connectivity index (χ3n) is 3.03. The molecule has 0 aromatic heterocycles. The molecule has 1 fully saturated rings. The predicted octanol–water partition coefficient (Wildman–Crippen LogP) is 2.02. The van der Waals surface area contributed by atoms with Crippen molar-refractivity contribution in [2.45, 2.75) is 33.1 Å². The maximum Gasteiger partial charge on any atom is -0.00488 e. The van der Waals surface area contributed by atoms with E-state index < -0.39 is 0 Å². The third-order valence-corrected chi connectivity index (χ3v) is 3.03. The van der Waals surface area contributed by atoms with Crippen LogP contribution in [0.25, 0.3) is 0 Å². The van der Waals surface area contributed by atoms with Crippen molar-refractivity contribution in [3.05, 3.63) is 0 Å². The first-order chi connectivity index (χ1) is 4.75. The Labute approximate surface area is 64.0 Å². The maximum atomic E-state index is 5.61. The molecule has 0 radical (unpaired) electrons. The maximum absolute atomic E-state index is 5.61. The molecule has 0 amide bonds. The topological polar surface area (TPSA) is 26.0 Å². The summed E-state index contributed by atoms with van der Waals surface area (Å²) >= 11 is 0. The van der Waals surface area contributed by atoms with Crippen molar-refractivity contribution in [1.82, 2.24) is 0 Å². The van der Waals surface area contributed by atoms with Crippen LogP contribution < -0.4 is 5.73 Å². The van der Waals surface area contributed by atoms with Gasteiger partial charge in [0.05, 0.1) is 0 Å². The van der Waals surface area contributed by atoms with E-state index in [2.05, 4.69) is 13.8 Å². The van der Waals surface area contributed by atoms with Crippen molar-refractivity contribution in [1.29, 1.82) is 0 Å². The molecule has 0 heterocycles. The Balaban J connectivity index is 2.38. The smallest absolute Gasteiger partial charge is 0.00488 e. The summed E-state index contributed by atoms with van der Waals surface area (Å²) in [5, 5.41) is 0. The van der Waals surface area contributed by atoms with Gasteiger partial charge >= 0.3 is 0 Å². The summed E-state index contributed by atoms with van der Waals surface area (Å²) < 4.78 is 0. The van der Waals surface area contributed by atoms with Gasteiger partial charge in [-0.3, -0.25) is 0 Å². The highest BCUT2D eigenvalue weighted by molar-refractivity contribution is 4.78. The fraction of sp³-hybridized carbons (Fsp3) is 1.00. The molecule has 0 aromatic carbocycles. The van der Waals surface area contributed by atoms with Gasteiger partial charge in [0.2, 0.25) is 0 Å². The van der Waals surface area contributed by atoms with Gasteiger partial charge in [-0.05, 0) is 30.7 Å². The van der Waals surface area contributed by atoms with Crippen LogP contribution in [-0.2, 0) is 0 Å². The Morgan fingerprint density at radius 3 is 2.60 bits per heavy atom. The molecule has 60 valence electrons. The lowest BCUT2D eigenvalue weighted by Gasteiger charge is -2.21. The van der Waals surface area contributed by atoms with Crippen molar-refractivity contribution in [2.75, 3.05) is 6.54 Å². The fourth-order valence-corrected chi connectivity index (χ4v) is 2.19. The van der Waals surface area contributed by atoms with Gasteiger partial charge in [-0.2, -0.15) is 0 Å². The zero-order valence-corrected chi connectivity index (χ0v) is 7.14. The summed E-state index contributed by atoms with van der Waals surface area (Å²) in [5.74, 6) is 2.60. The average Bonchev–Trinajstić information content (AvgIpc) is 2.34. The molecule has 0 spiro atoms. The predicted molar refractivity (Wildman–Crippen MR) is 44.7 cm³/mol. The Hall–Kier alpha value is -0.0400. The molecule has 0 saturated heterocycles. The number of hydrogen-bond acceptors (Lipinski definition) is 1. The number of hydrogen-bond donors (Lipinski definition) is 1. The molecule has 3 atom stereocenters. The summed E-state index contributed by atoms with van der Waals surface area (Å²) in [5.41, 5.74) is 5.61. The largest absolute Gasteiger partial charge is 0.330 e. The minimum Gasteiger partial charge on any atom is -0.330 e. The molecule has 1 aliphatic rings. The quantitative estimate of drug-likeness (QED) is 0.625. The molecule has 0 aliphatic heterocycles. The lowest BCUT2D eigenvalue weighted by molar-refractivity contribution is 0.301. The molecule has 1 aliphatic carbocycles. The normalized spacial score (nSPS) is 36.3. The SMILES string of the molecule is CC(CN)C1CCCC1C. The molecule has 1 rings (SSSR count). The van der Waals surface area contributed by atoms with Gasteiger partial charge in [0.25, 0.3) is 0 Å². The van der Waals surface area contributed by atoms with Crippen LogP contribution in [0.1, 0.15) is 33.1 Å². The van der Waals surface area contributed by atoms with E-state index in [0.717, 1.165) is 24.3 Å². The van der Waals surface area contributed by atoms with Crippen LogP contribution in [0.3, 0.4) is 0 Å². The Kier molecular flexibility index (Phi) is 2.72. The second-order valence-electron chi connectivity index (χ2n) is 3.79. The highest BCUT2D eigenvalue weighted by atomic mass is 14.6. The van der Waals surface area contributed by atoms with E-state index in [-0.39, 0.29) is 0 Å². The summed E-state index contributed by atoms with van der Waals surface area (Å²) in [6.45, 7) is 5.52.